The Hall–Kier alpha value is -1.92. The molecule has 0 saturated carbocycles. The molecule has 0 saturated heterocycles. The standard InChI is InChI=1S/C16H12BrClFNO3/c17-11-3-1-10(2-4-11)8-20-15(21)9-23-16(22)13-6-5-12(19)7-14(13)18/h1-7H,8-9H2,(H,20,21). The predicted molar refractivity (Wildman–Crippen MR) is 87.7 cm³/mol. The van der Waals surface area contributed by atoms with Gasteiger partial charge in [-0.3, -0.25) is 4.79 Å². The zero-order valence-corrected chi connectivity index (χ0v) is 14.2. The molecule has 1 amide bonds. The van der Waals surface area contributed by atoms with Gasteiger partial charge in [0.05, 0.1) is 10.6 Å². The number of rotatable bonds is 5. The lowest BCUT2D eigenvalue weighted by molar-refractivity contribution is -0.124. The summed E-state index contributed by atoms with van der Waals surface area (Å²) in [5, 5.41) is 2.56. The summed E-state index contributed by atoms with van der Waals surface area (Å²) in [7, 11) is 0. The van der Waals surface area contributed by atoms with E-state index >= 15 is 0 Å². The van der Waals surface area contributed by atoms with Gasteiger partial charge in [-0.15, -0.1) is 0 Å². The summed E-state index contributed by atoms with van der Waals surface area (Å²) in [6, 6.07) is 10.7. The van der Waals surface area contributed by atoms with Crippen LogP contribution in [0.15, 0.2) is 46.9 Å². The summed E-state index contributed by atoms with van der Waals surface area (Å²) in [5.41, 5.74) is 0.920. The second-order valence-corrected chi connectivity index (χ2v) is 5.93. The minimum absolute atomic E-state index is 0.00813. The maximum Gasteiger partial charge on any atom is 0.340 e. The van der Waals surface area contributed by atoms with E-state index in [4.69, 9.17) is 16.3 Å². The van der Waals surface area contributed by atoms with E-state index in [9.17, 15) is 14.0 Å². The number of halogens is 3. The van der Waals surface area contributed by atoms with Gasteiger partial charge in [-0.05, 0) is 35.9 Å². The summed E-state index contributed by atoms with van der Waals surface area (Å²) in [4.78, 5) is 23.4. The highest BCUT2D eigenvalue weighted by molar-refractivity contribution is 9.10. The maximum atomic E-state index is 12.9. The van der Waals surface area contributed by atoms with Crippen LogP contribution in [0.2, 0.25) is 5.02 Å². The Kier molecular flexibility index (Phi) is 6.12. The van der Waals surface area contributed by atoms with Crippen molar-refractivity contribution in [2.45, 2.75) is 6.54 Å². The van der Waals surface area contributed by atoms with Crippen molar-refractivity contribution in [1.82, 2.24) is 5.32 Å². The summed E-state index contributed by atoms with van der Waals surface area (Å²) < 4.78 is 18.7. The fourth-order valence-corrected chi connectivity index (χ4v) is 2.23. The van der Waals surface area contributed by atoms with Gasteiger partial charge in [0.1, 0.15) is 5.82 Å². The Morgan fingerprint density at radius 2 is 1.87 bits per heavy atom. The van der Waals surface area contributed by atoms with E-state index in [-0.39, 0.29) is 10.6 Å². The normalized spacial score (nSPS) is 10.2. The van der Waals surface area contributed by atoms with E-state index in [2.05, 4.69) is 21.2 Å². The average Bonchev–Trinajstić information content (AvgIpc) is 2.52. The molecule has 120 valence electrons. The molecule has 2 rings (SSSR count). The van der Waals surface area contributed by atoms with Gasteiger partial charge >= 0.3 is 5.97 Å². The van der Waals surface area contributed by atoms with E-state index in [0.29, 0.717) is 6.54 Å². The van der Waals surface area contributed by atoms with E-state index in [0.717, 1.165) is 22.2 Å². The van der Waals surface area contributed by atoms with Gasteiger partial charge in [0.2, 0.25) is 0 Å². The molecular weight excluding hydrogens is 389 g/mol. The van der Waals surface area contributed by atoms with Crippen LogP contribution in [0.25, 0.3) is 0 Å². The fraction of sp³-hybridized carbons (Fsp3) is 0.125. The molecule has 2 aromatic rings. The van der Waals surface area contributed by atoms with Gasteiger partial charge in [-0.25, -0.2) is 9.18 Å². The molecular formula is C16H12BrClFNO3. The van der Waals surface area contributed by atoms with Crippen LogP contribution in [0.5, 0.6) is 0 Å². The molecule has 0 aliphatic rings. The summed E-state index contributed by atoms with van der Waals surface area (Å²) >= 11 is 9.07. The summed E-state index contributed by atoms with van der Waals surface area (Å²) in [6.45, 7) is -0.121. The van der Waals surface area contributed by atoms with Crippen molar-refractivity contribution in [2.24, 2.45) is 0 Å². The number of hydrogen-bond donors (Lipinski definition) is 1. The van der Waals surface area contributed by atoms with Crippen molar-refractivity contribution in [3.8, 4) is 0 Å². The van der Waals surface area contributed by atoms with E-state index < -0.39 is 24.3 Å². The minimum atomic E-state index is -0.784. The van der Waals surface area contributed by atoms with Crippen LogP contribution in [-0.2, 0) is 16.1 Å². The van der Waals surface area contributed by atoms with Gasteiger partial charge in [-0.1, -0.05) is 39.7 Å². The SMILES string of the molecule is O=C(COC(=O)c1ccc(F)cc1Cl)NCc1ccc(Br)cc1. The Labute approximate surface area is 145 Å². The second-order valence-electron chi connectivity index (χ2n) is 4.60. The highest BCUT2D eigenvalue weighted by atomic mass is 79.9. The monoisotopic (exact) mass is 399 g/mol. The van der Waals surface area contributed by atoms with Gasteiger partial charge in [-0.2, -0.15) is 0 Å². The van der Waals surface area contributed by atoms with E-state index in [1.165, 1.54) is 6.07 Å². The molecule has 2 aromatic carbocycles. The smallest absolute Gasteiger partial charge is 0.340 e. The average molecular weight is 401 g/mol. The van der Waals surface area contributed by atoms with Crippen LogP contribution in [0.4, 0.5) is 4.39 Å². The van der Waals surface area contributed by atoms with Crippen LogP contribution in [0.3, 0.4) is 0 Å². The van der Waals surface area contributed by atoms with E-state index in [1.54, 1.807) is 0 Å². The first kappa shape index (κ1) is 17.4. The minimum Gasteiger partial charge on any atom is -0.452 e. The number of amides is 1. The third kappa shape index (κ3) is 5.33. The van der Waals surface area contributed by atoms with Crippen molar-refractivity contribution >= 4 is 39.4 Å². The molecule has 23 heavy (non-hydrogen) atoms. The number of carbonyl (C=O) groups excluding carboxylic acids is 2. The molecule has 0 bridgehead atoms. The Morgan fingerprint density at radius 1 is 1.17 bits per heavy atom. The van der Waals surface area contributed by atoms with Crippen molar-refractivity contribution in [3.63, 3.8) is 0 Å². The first-order valence-electron chi connectivity index (χ1n) is 6.59. The third-order valence-corrected chi connectivity index (χ3v) is 3.73. The number of carbonyl (C=O) groups is 2. The quantitative estimate of drug-likeness (QED) is 0.779. The number of nitrogens with one attached hydrogen (secondary N) is 1. The fourth-order valence-electron chi connectivity index (χ4n) is 1.72. The first-order chi connectivity index (χ1) is 11.0. The Morgan fingerprint density at radius 3 is 2.52 bits per heavy atom. The van der Waals surface area contributed by atoms with Gasteiger partial charge < -0.3 is 10.1 Å². The van der Waals surface area contributed by atoms with Gasteiger partial charge in [0, 0.05) is 11.0 Å². The summed E-state index contributed by atoms with van der Waals surface area (Å²) in [6.07, 6.45) is 0. The van der Waals surface area contributed by atoms with Crippen LogP contribution in [-0.4, -0.2) is 18.5 Å². The zero-order valence-electron chi connectivity index (χ0n) is 11.8. The molecule has 0 spiro atoms. The lowest BCUT2D eigenvalue weighted by Gasteiger charge is -2.08. The van der Waals surface area contributed by atoms with Crippen LogP contribution in [0, 0.1) is 5.82 Å². The lowest BCUT2D eigenvalue weighted by atomic mass is 10.2. The van der Waals surface area contributed by atoms with Crippen molar-refractivity contribution in [3.05, 3.63) is 68.9 Å². The number of hydrogen-bond acceptors (Lipinski definition) is 3. The molecule has 0 unspecified atom stereocenters. The molecule has 7 heteroatoms. The maximum absolute atomic E-state index is 12.9. The molecule has 0 heterocycles. The highest BCUT2D eigenvalue weighted by Crippen LogP contribution is 2.18. The third-order valence-electron chi connectivity index (χ3n) is 2.89. The van der Waals surface area contributed by atoms with Crippen LogP contribution < -0.4 is 5.32 Å². The molecule has 0 atom stereocenters. The molecule has 0 aliphatic heterocycles. The molecule has 0 radical (unpaired) electrons. The van der Waals surface area contributed by atoms with Gasteiger partial charge in [0.15, 0.2) is 6.61 Å². The van der Waals surface area contributed by atoms with Crippen LogP contribution in [0.1, 0.15) is 15.9 Å². The highest BCUT2D eigenvalue weighted by Gasteiger charge is 2.14. The topological polar surface area (TPSA) is 55.4 Å². The van der Waals surface area contributed by atoms with Crippen molar-refractivity contribution in [2.75, 3.05) is 6.61 Å². The Balaban J connectivity index is 1.81. The number of benzene rings is 2. The van der Waals surface area contributed by atoms with E-state index in [1.807, 2.05) is 24.3 Å². The molecule has 0 aromatic heterocycles. The summed E-state index contributed by atoms with van der Waals surface area (Å²) in [5.74, 6) is -1.79. The predicted octanol–water partition coefficient (Wildman–Crippen LogP) is 3.71. The number of esters is 1. The lowest BCUT2D eigenvalue weighted by Crippen LogP contribution is -2.28. The first-order valence-corrected chi connectivity index (χ1v) is 7.76. The van der Waals surface area contributed by atoms with Gasteiger partial charge in [0.25, 0.3) is 5.91 Å². The number of ether oxygens (including phenoxy) is 1. The zero-order chi connectivity index (χ0) is 16.8. The van der Waals surface area contributed by atoms with Crippen LogP contribution >= 0.6 is 27.5 Å². The van der Waals surface area contributed by atoms with Crippen molar-refractivity contribution < 1.29 is 18.7 Å². The molecule has 4 nitrogen and oxygen atoms in total. The molecule has 0 fully saturated rings. The Bertz CT molecular complexity index is 722. The second kappa shape index (κ2) is 8.08. The van der Waals surface area contributed by atoms with Crippen molar-refractivity contribution in [1.29, 1.82) is 0 Å². The molecule has 0 aliphatic carbocycles. The largest absolute Gasteiger partial charge is 0.452 e. The molecule has 1 N–H and O–H groups in total.